The number of hydrogen-bond donors (Lipinski definition) is 2. The molecular formula is C23H16F3N3O4S. The third-order valence-electron chi connectivity index (χ3n) is 4.85. The SMILES string of the molecule is Cc1cc(-c2nc(-c3ccccc3O)nc(-c3ccccc3O)n2)cc(S(=O)(=O)C(F)(F)F)c1. The van der Waals surface area contributed by atoms with Crippen LogP contribution in [0.3, 0.4) is 0 Å². The summed E-state index contributed by atoms with van der Waals surface area (Å²) in [5.74, 6) is -0.514. The number of halogens is 3. The number of para-hydroxylation sites is 2. The van der Waals surface area contributed by atoms with E-state index >= 15 is 0 Å². The normalized spacial score (nSPS) is 12.0. The molecule has 0 amide bonds. The maximum absolute atomic E-state index is 13.2. The van der Waals surface area contributed by atoms with E-state index in [1.54, 1.807) is 24.3 Å². The van der Waals surface area contributed by atoms with Gasteiger partial charge in [-0.1, -0.05) is 24.3 Å². The maximum atomic E-state index is 13.2. The topological polar surface area (TPSA) is 113 Å². The van der Waals surface area contributed by atoms with Crippen LogP contribution >= 0.6 is 0 Å². The van der Waals surface area contributed by atoms with Gasteiger partial charge in [0.2, 0.25) is 0 Å². The van der Waals surface area contributed by atoms with Crippen LogP contribution in [0.2, 0.25) is 0 Å². The Morgan fingerprint density at radius 1 is 0.735 bits per heavy atom. The van der Waals surface area contributed by atoms with Crippen LogP contribution in [0, 0.1) is 6.92 Å². The lowest BCUT2D eigenvalue weighted by atomic mass is 10.1. The second-order valence-electron chi connectivity index (χ2n) is 7.32. The minimum absolute atomic E-state index is 0.0152. The molecule has 174 valence electrons. The first kappa shape index (κ1) is 23.2. The number of phenols is 2. The molecule has 0 atom stereocenters. The van der Waals surface area contributed by atoms with Gasteiger partial charge in [0.1, 0.15) is 11.5 Å². The van der Waals surface area contributed by atoms with Crippen molar-refractivity contribution in [2.75, 3.05) is 0 Å². The van der Waals surface area contributed by atoms with Crippen LogP contribution in [0.1, 0.15) is 5.56 Å². The molecule has 0 bridgehead atoms. The number of alkyl halides is 3. The number of aromatic nitrogens is 3. The Bertz CT molecular complexity index is 1440. The maximum Gasteiger partial charge on any atom is 0.501 e. The first-order valence-corrected chi connectivity index (χ1v) is 11.2. The molecule has 0 aliphatic carbocycles. The van der Waals surface area contributed by atoms with Crippen LogP contribution in [0.4, 0.5) is 13.2 Å². The standard InChI is InChI=1S/C23H16F3N3O4S/c1-13-10-14(12-15(11-13)34(32,33)23(24,25)26)20-27-21(16-6-2-4-8-18(16)30)29-22(28-20)17-7-3-5-9-19(17)31/h2-12,30-31H,1H3. The molecule has 0 unspecified atom stereocenters. The number of nitrogens with zero attached hydrogens (tertiary/aromatic N) is 3. The van der Waals surface area contributed by atoms with Gasteiger partial charge in [0.05, 0.1) is 16.0 Å². The van der Waals surface area contributed by atoms with Crippen molar-refractivity contribution in [3.63, 3.8) is 0 Å². The van der Waals surface area contributed by atoms with Crippen LogP contribution < -0.4 is 0 Å². The molecule has 0 saturated carbocycles. The average molecular weight is 487 g/mol. The molecule has 2 N–H and O–H groups in total. The Morgan fingerprint density at radius 2 is 1.21 bits per heavy atom. The van der Waals surface area contributed by atoms with Gasteiger partial charge in [0, 0.05) is 5.56 Å². The summed E-state index contributed by atoms with van der Waals surface area (Å²) >= 11 is 0. The van der Waals surface area contributed by atoms with E-state index in [1.165, 1.54) is 37.3 Å². The molecule has 0 spiro atoms. The van der Waals surface area contributed by atoms with Crippen molar-refractivity contribution in [3.05, 3.63) is 72.3 Å². The van der Waals surface area contributed by atoms with Crippen molar-refractivity contribution in [1.82, 2.24) is 15.0 Å². The summed E-state index contributed by atoms with van der Waals surface area (Å²) in [7, 11) is -5.62. The smallest absolute Gasteiger partial charge is 0.501 e. The molecule has 0 aliphatic heterocycles. The van der Waals surface area contributed by atoms with Gasteiger partial charge in [-0.3, -0.25) is 0 Å². The molecule has 1 heterocycles. The molecule has 7 nitrogen and oxygen atoms in total. The number of sulfone groups is 1. The summed E-state index contributed by atoms with van der Waals surface area (Å²) in [5.41, 5.74) is -4.86. The molecule has 0 fully saturated rings. The van der Waals surface area contributed by atoms with Crippen molar-refractivity contribution in [3.8, 4) is 45.7 Å². The van der Waals surface area contributed by atoms with Crippen LogP contribution in [0.5, 0.6) is 11.5 Å². The molecular weight excluding hydrogens is 471 g/mol. The predicted molar refractivity (Wildman–Crippen MR) is 117 cm³/mol. The second-order valence-corrected chi connectivity index (χ2v) is 9.27. The summed E-state index contributed by atoms with van der Waals surface area (Å²) < 4.78 is 63.5. The highest BCUT2D eigenvalue weighted by Crippen LogP contribution is 2.35. The van der Waals surface area contributed by atoms with E-state index in [-0.39, 0.29) is 51.2 Å². The quantitative estimate of drug-likeness (QED) is 0.422. The number of benzene rings is 3. The third-order valence-corrected chi connectivity index (χ3v) is 6.32. The zero-order valence-corrected chi connectivity index (χ0v) is 18.3. The molecule has 0 radical (unpaired) electrons. The fourth-order valence-corrected chi connectivity index (χ4v) is 4.13. The Hall–Kier alpha value is -3.99. The molecule has 4 rings (SSSR count). The Morgan fingerprint density at radius 3 is 1.68 bits per heavy atom. The number of aryl methyl sites for hydroxylation is 1. The van der Waals surface area contributed by atoms with Crippen LogP contribution in [0.15, 0.2) is 71.6 Å². The molecule has 0 aliphatic rings. The summed E-state index contributed by atoms with van der Waals surface area (Å²) in [6.07, 6.45) is 0. The van der Waals surface area contributed by atoms with Crippen molar-refractivity contribution in [2.45, 2.75) is 17.3 Å². The number of rotatable bonds is 4. The van der Waals surface area contributed by atoms with Gasteiger partial charge in [-0.25, -0.2) is 23.4 Å². The summed E-state index contributed by atoms with van der Waals surface area (Å²) in [6, 6.07) is 15.4. The van der Waals surface area contributed by atoms with E-state index in [0.29, 0.717) is 0 Å². The van der Waals surface area contributed by atoms with E-state index in [4.69, 9.17) is 0 Å². The second kappa shape index (κ2) is 8.41. The first-order chi connectivity index (χ1) is 16.0. The van der Waals surface area contributed by atoms with E-state index < -0.39 is 20.2 Å². The third kappa shape index (κ3) is 4.29. The van der Waals surface area contributed by atoms with Gasteiger partial charge >= 0.3 is 5.51 Å². The lowest BCUT2D eigenvalue weighted by Crippen LogP contribution is -2.23. The van der Waals surface area contributed by atoms with Crippen LogP contribution in [-0.4, -0.2) is 39.1 Å². The Labute approximate surface area is 192 Å². The lowest BCUT2D eigenvalue weighted by Gasteiger charge is -2.12. The zero-order chi connectivity index (χ0) is 24.7. The van der Waals surface area contributed by atoms with Crippen molar-refractivity contribution in [2.24, 2.45) is 0 Å². The lowest BCUT2D eigenvalue weighted by molar-refractivity contribution is -0.0436. The predicted octanol–water partition coefficient (Wildman–Crippen LogP) is 4.89. The Kier molecular flexibility index (Phi) is 5.74. The molecule has 3 aromatic carbocycles. The Balaban J connectivity index is 1.99. The van der Waals surface area contributed by atoms with E-state index in [1.807, 2.05) is 0 Å². The number of aromatic hydroxyl groups is 2. The van der Waals surface area contributed by atoms with Crippen molar-refractivity contribution < 1.29 is 31.8 Å². The minimum atomic E-state index is -5.62. The fourth-order valence-electron chi connectivity index (χ4n) is 3.24. The molecule has 4 aromatic rings. The van der Waals surface area contributed by atoms with E-state index in [9.17, 15) is 31.8 Å². The van der Waals surface area contributed by atoms with Gasteiger partial charge in [-0.2, -0.15) is 13.2 Å². The minimum Gasteiger partial charge on any atom is -0.507 e. The summed E-state index contributed by atoms with van der Waals surface area (Å²) in [4.78, 5) is 11.9. The number of hydrogen-bond acceptors (Lipinski definition) is 7. The molecule has 1 aromatic heterocycles. The molecule has 0 saturated heterocycles. The fraction of sp³-hybridized carbons (Fsp3) is 0.0870. The van der Waals surface area contributed by atoms with Gasteiger partial charge in [-0.05, 0) is 55.0 Å². The average Bonchev–Trinajstić information content (AvgIpc) is 2.78. The highest BCUT2D eigenvalue weighted by atomic mass is 32.2. The van der Waals surface area contributed by atoms with Gasteiger partial charge in [-0.15, -0.1) is 0 Å². The van der Waals surface area contributed by atoms with Crippen LogP contribution in [0.25, 0.3) is 34.2 Å². The van der Waals surface area contributed by atoms with Gasteiger partial charge in [0.15, 0.2) is 17.5 Å². The summed E-state index contributed by atoms with van der Waals surface area (Å²) in [5, 5.41) is 20.5. The zero-order valence-electron chi connectivity index (χ0n) is 17.4. The highest BCUT2D eigenvalue weighted by molar-refractivity contribution is 7.92. The molecule has 34 heavy (non-hydrogen) atoms. The first-order valence-electron chi connectivity index (χ1n) is 9.73. The van der Waals surface area contributed by atoms with Crippen LogP contribution in [-0.2, 0) is 9.84 Å². The van der Waals surface area contributed by atoms with Crippen molar-refractivity contribution >= 4 is 9.84 Å². The monoisotopic (exact) mass is 487 g/mol. The highest BCUT2D eigenvalue weighted by Gasteiger charge is 2.47. The van der Waals surface area contributed by atoms with Gasteiger partial charge < -0.3 is 10.2 Å². The van der Waals surface area contributed by atoms with E-state index in [0.717, 1.165) is 12.1 Å². The van der Waals surface area contributed by atoms with Gasteiger partial charge in [0.25, 0.3) is 9.84 Å². The largest absolute Gasteiger partial charge is 0.507 e. The number of phenolic OH excluding ortho intramolecular Hbond substituents is 2. The van der Waals surface area contributed by atoms with Crippen molar-refractivity contribution in [1.29, 1.82) is 0 Å². The molecule has 11 heteroatoms. The van der Waals surface area contributed by atoms with E-state index in [2.05, 4.69) is 15.0 Å². The summed E-state index contributed by atoms with van der Waals surface area (Å²) in [6.45, 7) is 1.44.